The molecule has 0 bridgehead atoms. The Labute approximate surface area is 56.3 Å². The Kier molecular flexibility index (Phi) is 3.81. The van der Waals surface area contributed by atoms with Crippen LogP contribution in [0.15, 0.2) is 0 Å². The quantitative estimate of drug-likeness (QED) is 0.585. The molecule has 4 heteroatoms. The van der Waals surface area contributed by atoms with E-state index in [9.17, 15) is 8.42 Å². The zero-order valence-corrected chi connectivity index (χ0v) is 6.15. The highest BCUT2D eigenvalue weighted by Crippen LogP contribution is 1.94. The SMILES string of the molecule is [CH2]CCCCS(N)(=O)=O. The van der Waals surface area contributed by atoms with Gasteiger partial charge in [0.1, 0.15) is 0 Å². The second-order valence-electron chi connectivity index (χ2n) is 1.93. The molecule has 0 aliphatic carbocycles. The third kappa shape index (κ3) is 7.91. The summed E-state index contributed by atoms with van der Waals surface area (Å²) in [5.41, 5.74) is 0. The fraction of sp³-hybridized carbons (Fsp3) is 0.800. The first-order valence-electron chi connectivity index (χ1n) is 2.86. The van der Waals surface area contributed by atoms with Gasteiger partial charge < -0.3 is 0 Å². The lowest BCUT2D eigenvalue weighted by Gasteiger charge is -1.93. The van der Waals surface area contributed by atoms with Crippen LogP contribution in [0.3, 0.4) is 0 Å². The average Bonchev–Trinajstić information content (AvgIpc) is 1.63. The first-order valence-corrected chi connectivity index (χ1v) is 4.57. The van der Waals surface area contributed by atoms with Crippen LogP contribution >= 0.6 is 0 Å². The molecule has 0 saturated carbocycles. The molecule has 55 valence electrons. The first kappa shape index (κ1) is 8.91. The van der Waals surface area contributed by atoms with Crippen molar-refractivity contribution in [2.45, 2.75) is 19.3 Å². The van der Waals surface area contributed by atoms with Crippen LogP contribution in [0.5, 0.6) is 0 Å². The summed E-state index contributed by atoms with van der Waals surface area (Å²) in [5, 5.41) is 4.73. The second kappa shape index (κ2) is 3.85. The van der Waals surface area contributed by atoms with Crippen molar-refractivity contribution in [2.24, 2.45) is 5.14 Å². The molecule has 3 nitrogen and oxygen atoms in total. The third-order valence-electron chi connectivity index (χ3n) is 0.929. The largest absolute Gasteiger partial charge is 0.229 e. The molecule has 0 atom stereocenters. The Morgan fingerprint density at radius 3 is 2.22 bits per heavy atom. The minimum Gasteiger partial charge on any atom is -0.229 e. The maximum absolute atomic E-state index is 10.3. The van der Waals surface area contributed by atoms with Crippen LogP contribution in [0.1, 0.15) is 19.3 Å². The van der Waals surface area contributed by atoms with Crippen LogP contribution in [0, 0.1) is 6.92 Å². The second-order valence-corrected chi connectivity index (χ2v) is 3.66. The monoisotopic (exact) mass is 150 g/mol. The fourth-order valence-electron chi connectivity index (χ4n) is 0.480. The van der Waals surface area contributed by atoms with Crippen LogP contribution in [-0.2, 0) is 10.0 Å². The predicted molar refractivity (Wildman–Crippen MR) is 37.2 cm³/mol. The number of hydrogen-bond donors (Lipinski definition) is 1. The van der Waals surface area contributed by atoms with Crippen LogP contribution in [-0.4, -0.2) is 14.2 Å². The van der Waals surface area contributed by atoms with Crippen molar-refractivity contribution in [3.63, 3.8) is 0 Å². The molecular formula is C5H12NO2S. The van der Waals surface area contributed by atoms with Crippen LogP contribution in [0.25, 0.3) is 0 Å². The molecular weight excluding hydrogens is 138 g/mol. The first-order chi connectivity index (χ1) is 4.06. The molecule has 0 spiro atoms. The van der Waals surface area contributed by atoms with Gasteiger partial charge in [-0.2, -0.15) is 0 Å². The molecule has 0 aliphatic rings. The normalized spacial score (nSPS) is 11.8. The highest BCUT2D eigenvalue weighted by Gasteiger charge is 1.99. The van der Waals surface area contributed by atoms with Crippen molar-refractivity contribution in [3.8, 4) is 0 Å². The summed E-state index contributed by atoms with van der Waals surface area (Å²) in [5.74, 6) is 0.0858. The van der Waals surface area contributed by atoms with Gasteiger partial charge in [0.2, 0.25) is 10.0 Å². The molecule has 0 saturated heterocycles. The Morgan fingerprint density at radius 2 is 1.89 bits per heavy atom. The standard InChI is InChI=1S/C5H12NO2S/c1-2-3-4-5-9(6,7)8/h1-5H2,(H2,6,7,8). The summed E-state index contributed by atoms with van der Waals surface area (Å²) in [6.45, 7) is 3.57. The van der Waals surface area contributed by atoms with Crippen molar-refractivity contribution < 1.29 is 8.42 Å². The van der Waals surface area contributed by atoms with Gasteiger partial charge >= 0.3 is 0 Å². The lowest BCUT2D eigenvalue weighted by Crippen LogP contribution is -2.16. The van der Waals surface area contributed by atoms with Crippen LogP contribution in [0.4, 0.5) is 0 Å². The van der Waals surface area contributed by atoms with Gasteiger partial charge in [-0.1, -0.05) is 19.8 Å². The lowest BCUT2D eigenvalue weighted by molar-refractivity contribution is 0.593. The maximum atomic E-state index is 10.3. The van der Waals surface area contributed by atoms with E-state index in [4.69, 9.17) is 5.14 Å². The van der Waals surface area contributed by atoms with E-state index in [2.05, 4.69) is 6.92 Å². The molecule has 0 aliphatic heterocycles. The van der Waals surface area contributed by atoms with E-state index in [1.165, 1.54) is 0 Å². The Morgan fingerprint density at radius 1 is 1.33 bits per heavy atom. The zero-order valence-electron chi connectivity index (χ0n) is 5.34. The summed E-state index contributed by atoms with van der Waals surface area (Å²) in [7, 11) is -3.22. The van der Waals surface area contributed by atoms with Gasteiger partial charge in [0.25, 0.3) is 0 Å². The van der Waals surface area contributed by atoms with Gasteiger partial charge in [0.15, 0.2) is 0 Å². The zero-order chi connectivity index (χ0) is 7.33. The van der Waals surface area contributed by atoms with Crippen molar-refractivity contribution in [3.05, 3.63) is 6.92 Å². The molecule has 0 aromatic rings. The van der Waals surface area contributed by atoms with Crippen molar-refractivity contribution >= 4 is 10.0 Å². The molecule has 0 aromatic heterocycles. The highest BCUT2D eigenvalue weighted by atomic mass is 32.2. The Bertz CT molecular complexity index is 150. The van der Waals surface area contributed by atoms with E-state index < -0.39 is 10.0 Å². The van der Waals surface area contributed by atoms with E-state index >= 15 is 0 Å². The van der Waals surface area contributed by atoms with Gasteiger partial charge in [-0.25, -0.2) is 13.6 Å². The smallest absolute Gasteiger partial charge is 0.209 e. The number of primary sulfonamides is 1. The molecule has 9 heavy (non-hydrogen) atoms. The van der Waals surface area contributed by atoms with Gasteiger partial charge in [0, 0.05) is 0 Å². The Hall–Kier alpha value is -0.0900. The molecule has 0 aromatic carbocycles. The van der Waals surface area contributed by atoms with Gasteiger partial charge in [-0.15, -0.1) is 0 Å². The molecule has 2 N–H and O–H groups in total. The van der Waals surface area contributed by atoms with Crippen LogP contribution in [0.2, 0.25) is 0 Å². The summed E-state index contributed by atoms with van der Waals surface area (Å²) < 4.78 is 20.5. The Balaban J connectivity index is 3.30. The maximum Gasteiger partial charge on any atom is 0.209 e. The van der Waals surface area contributed by atoms with Crippen molar-refractivity contribution in [1.82, 2.24) is 0 Å². The third-order valence-corrected chi connectivity index (χ3v) is 1.79. The molecule has 0 unspecified atom stereocenters. The van der Waals surface area contributed by atoms with Gasteiger partial charge in [-0.05, 0) is 6.42 Å². The van der Waals surface area contributed by atoms with Crippen molar-refractivity contribution in [2.75, 3.05) is 5.75 Å². The molecule has 0 heterocycles. The summed E-state index contributed by atoms with van der Waals surface area (Å²) in [4.78, 5) is 0. The highest BCUT2D eigenvalue weighted by molar-refractivity contribution is 7.89. The lowest BCUT2D eigenvalue weighted by atomic mass is 10.3. The minimum atomic E-state index is -3.22. The number of nitrogens with two attached hydrogens (primary N) is 1. The predicted octanol–water partition coefficient (Wildman–Crippen LogP) is 0.279. The molecule has 1 radical (unpaired) electrons. The number of hydrogen-bond acceptors (Lipinski definition) is 2. The van der Waals surface area contributed by atoms with E-state index in [1.54, 1.807) is 0 Å². The average molecular weight is 150 g/mol. The minimum absolute atomic E-state index is 0.0858. The van der Waals surface area contributed by atoms with Crippen molar-refractivity contribution in [1.29, 1.82) is 0 Å². The van der Waals surface area contributed by atoms with E-state index in [0.717, 1.165) is 12.8 Å². The summed E-state index contributed by atoms with van der Waals surface area (Å²) >= 11 is 0. The summed E-state index contributed by atoms with van der Waals surface area (Å²) in [6.07, 6.45) is 2.23. The van der Waals surface area contributed by atoms with Gasteiger partial charge in [-0.3, -0.25) is 0 Å². The van der Waals surface area contributed by atoms with Gasteiger partial charge in [0.05, 0.1) is 5.75 Å². The molecule has 0 rings (SSSR count). The number of rotatable bonds is 4. The van der Waals surface area contributed by atoms with E-state index in [-0.39, 0.29) is 5.75 Å². The topological polar surface area (TPSA) is 60.2 Å². The van der Waals surface area contributed by atoms with E-state index in [1.807, 2.05) is 0 Å². The van der Waals surface area contributed by atoms with E-state index in [0.29, 0.717) is 6.42 Å². The van der Waals surface area contributed by atoms with Crippen LogP contribution < -0.4 is 5.14 Å². The number of unbranched alkanes of at least 4 members (excludes halogenated alkanes) is 2. The summed E-state index contributed by atoms with van der Waals surface area (Å²) in [6, 6.07) is 0. The number of sulfonamides is 1. The molecule has 0 amide bonds. The molecule has 0 fully saturated rings. The fourth-order valence-corrected chi connectivity index (χ4v) is 1.09.